The van der Waals surface area contributed by atoms with E-state index in [0.717, 1.165) is 12.1 Å². The van der Waals surface area contributed by atoms with Crippen molar-refractivity contribution in [2.75, 3.05) is 12.8 Å². The van der Waals surface area contributed by atoms with Crippen LogP contribution < -0.4 is 5.73 Å². The molecule has 0 unspecified atom stereocenters. The summed E-state index contributed by atoms with van der Waals surface area (Å²) in [5.41, 5.74) is 7.18. The van der Waals surface area contributed by atoms with Gasteiger partial charge in [-0.1, -0.05) is 6.07 Å². The molecule has 1 amide bonds. The second kappa shape index (κ2) is 6.22. The third-order valence-electron chi connectivity index (χ3n) is 3.00. The lowest BCUT2D eigenvalue weighted by Crippen LogP contribution is -2.26. The fourth-order valence-electron chi connectivity index (χ4n) is 1.86. The van der Waals surface area contributed by atoms with E-state index < -0.39 is 11.6 Å². The molecule has 0 heterocycles. The highest BCUT2D eigenvalue weighted by Gasteiger charge is 2.14. The average molecular weight is 355 g/mol. The molecule has 0 saturated carbocycles. The van der Waals surface area contributed by atoms with E-state index >= 15 is 0 Å². The molecule has 0 atom stereocenters. The van der Waals surface area contributed by atoms with Crippen molar-refractivity contribution in [3.63, 3.8) is 0 Å². The number of amides is 1. The van der Waals surface area contributed by atoms with Gasteiger partial charge >= 0.3 is 0 Å². The molecule has 2 N–H and O–H groups in total. The first-order valence-electron chi connectivity index (χ1n) is 6.13. The zero-order valence-corrected chi connectivity index (χ0v) is 12.8. The average Bonchev–Trinajstić information content (AvgIpc) is 2.45. The first-order chi connectivity index (χ1) is 9.88. The number of rotatable bonds is 3. The van der Waals surface area contributed by atoms with Crippen LogP contribution in [0, 0.1) is 11.6 Å². The molecule has 0 fully saturated rings. The number of nitrogens with zero attached hydrogens (tertiary/aromatic N) is 1. The minimum Gasteiger partial charge on any atom is -0.398 e. The van der Waals surface area contributed by atoms with E-state index in [0.29, 0.717) is 21.3 Å². The molecular formula is C15H13BrF2N2O. The number of carbonyl (C=O) groups excluding carboxylic acids is 1. The summed E-state index contributed by atoms with van der Waals surface area (Å²) >= 11 is 3.26. The summed E-state index contributed by atoms with van der Waals surface area (Å²) in [7, 11) is 1.59. The van der Waals surface area contributed by atoms with Gasteiger partial charge in [-0.15, -0.1) is 0 Å². The number of nitrogens with two attached hydrogens (primary N) is 1. The van der Waals surface area contributed by atoms with Crippen molar-refractivity contribution in [3.05, 3.63) is 63.6 Å². The Hall–Kier alpha value is -1.95. The maximum atomic E-state index is 13.2. The Morgan fingerprint density at radius 1 is 1.19 bits per heavy atom. The van der Waals surface area contributed by atoms with Gasteiger partial charge in [-0.3, -0.25) is 4.79 Å². The molecule has 0 saturated heterocycles. The molecule has 2 aromatic rings. The third-order valence-corrected chi connectivity index (χ3v) is 3.68. The molecule has 2 aromatic carbocycles. The molecule has 3 nitrogen and oxygen atoms in total. The van der Waals surface area contributed by atoms with Gasteiger partial charge in [0.25, 0.3) is 5.91 Å². The molecule has 6 heteroatoms. The lowest BCUT2D eigenvalue weighted by atomic mass is 10.1. The lowest BCUT2D eigenvalue weighted by Gasteiger charge is -2.18. The number of hydrogen-bond donors (Lipinski definition) is 1. The fourth-order valence-corrected chi connectivity index (χ4v) is 2.24. The van der Waals surface area contributed by atoms with Crippen LogP contribution in [0.3, 0.4) is 0 Å². The van der Waals surface area contributed by atoms with Crippen LogP contribution in [0.1, 0.15) is 15.9 Å². The number of nitrogen functional groups attached to an aromatic ring is 1. The highest BCUT2D eigenvalue weighted by molar-refractivity contribution is 9.10. The van der Waals surface area contributed by atoms with Crippen molar-refractivity contribution < 1.29 is 13.6 Å². The Morgan fingerprint density at radius 3 is 2.52 bits per heavy atom. The Bertz CT molecular complexity index is 691. The van der Waals surface area contributed by atoms with E-state index in [4.69, 9.17) is 5.73 Å². The zero-order chi connectivity index (χ0) is 15.6. The second-order valence-electron chi connectivity index (χ2n) is 4.65. The van der Waals surface area contributed by atoms with Crippen LogP contribution in [-0.4, -0.2) is 17.9 Å². The zero-order valence-electron chi connectivity index (χ0n) is 11.2. The minimum absolute atomic E-state index is 0.179. The highest BCUT2D eigenvalue weighted by atomic mass is 79.9. The van der Waals surface area contributed by atoms with Crippen molar-refractivity contribution in [1.82, 2.24) is 4.90 Å². The summed E-state index contributed by atoms with van der Waals surface area (Å²) < 4.78 is 26.7. The number of hydrogen-bond acceptors (Lipinski definition) is 2. The monoisotopic (exact) mass is 354 g/mol. The summed E-state index contributed by atoms with van der Waals surface area (Å²) in [5.74, 6) is -2.07. The topological polar surface area (TPSA) is 46.3 Å². The molecule has 0 spiro atoms. The molecule has 0 aromatic heterocycles. The number of carbonyl (C=O) groups is 1. The summed E-state index contributed by atoms with van der Waals surface area (Å²) in [6.07, 6.45) is 0. The molecule has 0 aliphatic rings. The molecule has 0 aliphatic heterocycles. The Balaban J connectivity index is 2.15. The van der Waals surface area contributed by atoms with Crippen LogP contribution in [0.15, 0.2) is 40.9 Å². The first kappa shape index (κ1) is 15.4. The quantitative estimate of drug-likeness (QED) is 0.856. The van der Waals surface area contributed by atoms with Crippen molar-refractivity contribution >= 4 is 27.5 Å². The highest BCUT2D eigenvalue weighted by Crippen LogP contribution is 2.21. The summed E-state index contributed by atoms with van der Waals surface area (Å²) in [6.45, 7) is 0.179. The Kier molecular flexibility index (Phi) is 4.57. The Morgan fingerprint density at radius 2 is 1.90 bits per heavy atom. The maximum Gasteiger partial charge on any atom is 0.253 e. The summed E-state index contributed by atoms with van der Waals surface area (Å²) in [6, 6.07) is 8.44. The van der Waals surface area contributed by atoms with Gasteiger partial charge in [-0.05, 0) is 51.8 Å². The van der Waals surface area contributed by atoms with E-state index in [2.05, 4.69) is 15.9 Å². The van der Waals surface area contributed by atoms with Gasteiger partial charge in [0.05, 0.1) is 0 Å². The van der Waals surface area contributed by atoms with Gasteiger partial charge < -0.3 is 10.6 Å². The van der Waals surface area contributed by atoms with Crippen LogP contribution in [0.5, 0.6) is 0 Å². The van der Waals surface area contributed by atoms with E-state index in [1.165, 1.54) is 11.0 Å². The first-order valence-corrected chi connectivity index (χ1v) is 6.92. The molecule has 21 heavy (non-hydrogen) atoms. The number of anilines is 1. The molecular weight excluding hydrogens is 342 g/mol. The summed E-state index contributed by atoms with van der Waals surface area (Å²) in [4.78, 5) is 13.7. The van der Waals surface area contributed by atoms with Crippen molar-refractivity contribution in [3.8, 4) is 0 Å². The smallest absolute Gasteiger partial charge is 0.253 e. The van der Waals surface area contributed by atoms with Gasteiger partial charge in [0.2, 0.25) is 0 Å². The fraction of sp³-hybridized carbons (Fsp3) is 0.133. The second-order valence-corrected chi connectivity index (χ2v) is 5.50. The van der Waals surface area contributed by atoms with Gasteiger partial charge in [0, 0.05) is 29.3 Å². The molecule has 0 aliphatic carbocycles. The van der Waals surface area contributed by atoms with Crippen LogP contribution in [0.4, 0.5) is 14.5 Å². The Labute approximate surface area is 129 Å². The predicted molar refractivity (Wildman–Crippen MR) is 80.7 cm³/mol. The van der Waals surface area contributed by atoms with Gasteiger partial charge in [0.1, 0.15) is 0 Å². The van der Waals surface area contributed by atoms with E-state index in [1.54, 1.807) is 25.2 Å². The van der Waals surface area contributed by atoms with E-state index in [9.17, 15) is 13.6 Å². The van der Waals surface area contributed by atoms with Crippen molar-refractivity contribution in [1.29, 1.82) is 0 Å². The molecule has 0 radical (unpaired) electrons. The van der Waals surface area contributed by atoms with Crippen LogP contribution in [-0.2, 0) is 6.54 Å². The summed E-state index contributed by atoms with van der Waals surface area (Å²) in [5, 5.41) is 0. The lowest BCUT2D eigenvalue weighted by molar-refractivity contribution is 0.0785. The number of halogens is 3. The van der Waals surface area contributed by atoms with E-state index in [1.807, 2.05) is 0 Å². The van der Waals surface area contributed by atoms with Crippen LogP contribution in [0.25, 0.3) is 0 Å². The minimum atomic E-state index is -0.927. The van der Waals surface area contributed by atoms with Crippen LogP contribution in [0.2, 0.25) is 0 Å². The molecule has 110 valence electrons. The SMILES string of the molecule is CN(Cc1ccc(F)c(F)c1)C(=O)c1ccc(N)c(Br)c1. The van der Waals surface area contributed by atoms with Gasteiger partial charge in [-0.25, -0.2) is 8.78 Å². The largest absolute Gasteiger partial charge is 0.398 e. The normalized spacial score (nSPS) is 10.5. The molecule has 0 bridgehead atoms. The van der Waals surface area contributed by atoms with Crippen molar-refractivity contribution in [2.24, 2.45) is 0 Å². The van der Waals surface area contributed by atoms with E-state index in [-0.39, 0.29) is 12.5 Å². The molecule has 2 rings (SSSR count). The number of benzene rings is 2. The van der Waals surface area contributed by atoms with Gasteiger partial charge in [0.15, 0.2) is 11.6 Å². The van der Waals surface area contributed by atoms with Gasteiger partial charge in [-0.2, -0.15) is 0 Å². The van der Waals surface area contributed by atoms with Crippen molar-refractivity contribution in [2.45, 2.75) is 6.54 Å². The third kappa shape index (κ3) is 3.58. The standard InChI is InChI=1S/C15H13BrF2N2O/c1-20(8-9-2-4-12(17)13(18)6-9)15(21)10-3-5-14(19)11(16)7-10/h2-7H,8,19H2,1H3. The predicted octanol–water partition coefficient (Wildman–Crippen LogP) is 3.58. The van der Waals surface area contributed by atoms with Crippen LogP contribution >= 0.6 is 15.9 Å². The maximum absolute atomic E-state index is 13.2.